The van der Waals surface area contributed by atoms with E-state index >= 15 is 0 Å². The second-order valence-electron chi connectivity index (χ2n) is 4.27. The van der Waals surface area contributed by atoms with Crippen LogP contribution in [-0.4, -0.2) is 21.9 Å². The summed E-state index contributed by atoms with van der Waals surface area (Å²) in [6.07, 6.45) is 7.04. The SMILES string of the molecule is NC1CCCCC1C(=O)Nc1cnc(Br)cn1. The van der Waals surface area contributed by atoms with Gasteiger partial charge in [-0.1, -0.05) is 12.8 Å². The lowest BCUT2D eigenvalue weighted by atomic mass is 9.84. The van der Waals surface area contributed by atoms with E-state index in [1.165, 1.54) is 6.20 Å². The lowest BCUT2D eigenvalue weighted by molar-refractivity contribution is -0.121. The van der Waals surface area contributed by atoms with E-state index in [1.54, 1.807) is 6.20 Å². The van der Waals surface area contributed by atoms with E-state index in [4.69, 9.17) is 5.73 Å². The molecule has 1 fully saturated rings. The third-order valence-corrected chi connectivity index (χ3v) is 3.44. The Balaban J connectivity index is 1.98. The van der Waals surface area contributed by atoms with Crippen molar-refractivity contribution in [1.29, 1.82) is 0 Å². The number of carbonyl (C=O) groups is 1. The zero-order chi connectivity index (χ0) is 12.3. The van der Waals surface area contributed by atoms with Gasteiger partial charge in [-0.15, -0.1) is 0 Å². The van der Waals surface area contributed by atoms with Gasteiger partial charge in [0.05, 0.1) is 18.3 Å². The Labute approximate surface area is 108 Å². The van der Waals surface area contributed by atoms with Gasteiger partial charge in [-0.25, -0.2) is 9.97 Å². The number of carbonyl (C=O) groups excluding carboxylic acids is 1. The first-order valence-electron chi connectivity index (χ1n) is 5.71. The summed E-state index contributed by atoms with van der Waals surface area (Å²) in [7, 11) is 0. The summed E-state index contributed by atoms with van der Waals surface area (Å²) in [5, 5.41) is 2.76. The van der Waals surface area contributed by atoms with E-state index in [0.717, 1.165) is 25.7 Å². The number of nitrogens with two attached hydrogens (primary N) is 1. The predicted octanol–water partition coefficient (Wildman–Crippen LogP) is 1.70. The fourth-order valence-electron chi connectivity index (χ4n) is 2.08. The summed E-state index contributed by atoms with van der Waals surface area (Å²) < 4.78 is 0.643. The van der Waals surface area contributed by atoms with Gasteiger partial charge in [-0.3, -0.25) is 4.79 Å². The van der Waals surface area contributed by atoms with E-state index in [2.05, 4.69) is 31.2 Å². The monoisotopic (exact) mass is 298 g/mol. The number of hydrogen-bond donors (Lipinski definition) is 2. The van der Waals surface area contributed by atoms with Crippen LogP contribution in [0, 0.1) is 5.92 Å². The van der Waals surface area contributed by atoms with Crippen molar-refractivity contribution in [3.05, 3.63) is 17.0 Å². The Morgan fingerprint density at radius 3 is 2.76 bits per heavy atom. The molecule has 2 unspecified atom stereocenters. The molecule has 1 amide bonds. The lowest BCUT2D eigenvalue weighted by Crippen LogP contribution is -2.40. The molecular weight excluding hydrogens is 284 g/mol. The molecule has 0 radical (unpaired) electrons. The third-order valence-electron chi connectivity index (χ3n) is 3.03. The summed E-state index contributed by atoms with van der Waals surface area (Å²) >= 11 is 3.19. The molecular formula is C11H15BrN4O. The number of anilines is 1. The molecule has 92 valence electrons. The molecule has 2 rings (SSSR count). The summed E-state index contributed by atoms with van der Waals surface area (Å²) in [5.74, 6) is 0.319. The third kappa shape index (κ3) is 3.23. The molecule has 1 saturated carbocycles. The number of nitrogens with zero attached hydrogens (tertiary/aromatic N) is 2. The van der Waals surface area contributed by atoms with Crippen LogP contribution in [-0.2, 0) is 4.79 Å². The fraction of sp³-hybridized carbons (Fsp3) is 0.545. The van der Waals surface area contributed by atoms with Crippen LogP contribution in [0.1, 0.15) is 25.7 Å². The Hall–Kier alpha value is -1.01. The number of halogens is 1. The predicted molar refractivity (Wildman–Crippen MR) is 68.3 cm³/mol. The lowest BCUT2D eigenvalue weighted by Gasteiger charge is -2.27. The maximum Gasteiger partial charge on any atom is 0.230 e. The second-order valence-corrected chi connectivity index (χ2v) is 5.08. The van der Waals surface area contributed by atoms with E-state index in [-0.39, 0.29) is 17.9 Å². The van der Waals surface area contributed by atoms with Crippen LogP contribution < -0.4 is 11.1 Å². The van der Waals surface area contributed by atoms with Gasteiger partial charge in [0.1, 0.15) is 4.60 Å². The van der Waals surface area contributed by atoms with Crippen molar-refractivity contribution < 1.29 is 4.79 Å². The molecule has 1 aromatic rings. The normalized spacial score (nSPS) is 24.4. The van der Waals surface area contributed by atoms with Gasteiger partial charge in [-0.2, -0.15) is 0 Å². The molecule has 1 aliphatic carbocycles. The smallest absolute Gasteiger partial charge is 0.230 e. The van der Waals surface area contributed by atoms with Gasteiger partial charge in [0, 0.05) is 6.04 Å². The first kappa shape index (κ1) is 12.4. The molecule has 1 aromatic heterocycles. The van der Waals surface area contributed by atoms with Crippen LogP contribution >= 0.6 is 15.9 Å². The molecule has 0 aliphatic heterocycles. The van der Waals surface area contributed by atoms with E-state index < -0.39 is 0 Å². The number of aromatic nitrogens is 2. The highest BCUT2D eigenvalue weighted by Gasteiger charge is 2.28. The average molecular weight is 299 g/mol. The van der Waals surface area contributed by atoms with Crippen molar-refractivity contribution in [3.63, 3.8) is 0 Å². The highest BCUT2D eigenvalue weighted by Crippen LogP contribution is 2.24. The molecule has 0 spiro atoms. The molecule has 5 nitrogen and oxygen atoms in total. The number of hydrogen-bond acceptors (Lipinski definition) is 4. The van der Waals surface area contributed by atoms with E-state index in [9.17, 15) is 4.79 Å². The van der Waals surface area contributed by atoms with Gasteiger partial charge in [-0.05, 0) is 28.8 Å². The van der Waals surface area contributed by atoms with Crippen molar-refractivity contribution >= 4 is 27.7 Å². The summed E-state index contributed by atoms with van der Waals surface area (Å²) in [6, 6.07) is -0.0350. The Bertz CT molecular complexity index is 395. The van der Waals surface area contributed by atoms with Crippen LogP contribution in [0.4, 0.5) is 5.82 Å². The molecule has 1 aliphatic rings. The largest absolute Gasteiger partial charge is 0.327 e. The molecule has 0 saturated heterocycles. The average Bonchev–Trinajstić information content (AvgIpc) is 2.32. The van der Waals surface area contributed by atoms with Crippen LogP contribution in [0.5, 0.6) is 0 Å². The topological polar surface area (TPSA) is 80.9 Å². The number of amides is 1. The van der Waals surface area contributed by atoms with Gasteiger partial charge in [0.25, 0.3) is 0 Å². The first-order valence-corrected chi connectivity index (χ1v) is 6.50. The maximum atomic E-state index is 12.0. The van der Waals surface area contributed by atoms with Crippen molar-refractivity contribution in [2.75, 3.05) is 5.32 Å². The summed E-state index contributed by atoms with van der Waals surface area (Å²) in [6.45, 7) is 0. The Kier molecular flexibility index (Phi) is 4.06. The van der Waals surface area contributed by atoms with Crippen molar-refractivity contribution in [3.8, 4) is 0 Å². The highest BCUT2D eigenvalue weighted by atomic mass is 79.9. The Morgan fingerprint density at radius 1 is 1.35 bits per heavy atom. The quantitative estimate of drug-likeness (QED) is 0.871. The molecule has 0 aromatic carbocycles. The van der Waals surface area contributed by atoms with Gasteiger partial charge >= 0.3 is 0 Å². The fourth-order valence-corrected chi connectivity index (χ4v) is 2.29. The van der Waals surface area contributed by atoms with Crippen LogP contribution in [0.3, 0.4) is 0 Å². The molecule has 2 atom stereocenters. The highest BCUT2D eigenvalue weighted by molar-refractivity contribution is 9.10. The number of rotatable bonds is 2. The maximum absolute atomic E-state index is 12.0. The second kappa shape index (κ2) is 5.55. The van der Waals surface area contributed by atoms with Gasteiger partial charge in [0.15, 0.2) is 5.82 Å². The molecule has 17 heavy (non-hydrogen) atoms. The summed E-state index contributed by atoms with van der Waals surface area (Å²) in [5.41, 5.74) is 5.95. The molecule has 1 heterocycles. The Morgan fingerprint density at radius 2 is 2.12 bits per heavy atom. The van der Waals surface area contributed by atoms with Gasteiger partial charge in [0.2, 0.25) is 5.91 Å². The van der Waals surface area contributed by atoms with Crippen molar-refractivity contribution in [2.24, 2.45) is 11.7 Å². The van der Waals surface area contributed by atoms with Crippen molar-refractivity contribution in [2.45, 2.75) is 31.7 Å². The zero-order valence-electron chi connectivity index (χ0n) is 9.40. The van der Waals surface area contributed by atoms with Gasteiger partial charge < -0.3 is 11.1 Å². The summed E-state index contributed by atoms with van der Waals surface area (Å²) in [4.78, 5) is 20.1. The van der Waals surface area contributed by atoms with E-state index in [0.29, 0.717) is 10.4 Å². The first-order chi connectivity index (χ1) is 8.16. The molecule has 6 heteroatoms. The standard InChI is InChI=1S/C11H15BrN4O/c12-9-5-15-10(6-14-9)16-11(17)7-3-1-2-4-8(7)13/h5-8H,1-4,13H2,(H,15,16,17). The van der Waals surface area contributed by atoms with Crippen LogP contribution in [0.15, 0.2) is 17.0 Å². The minimum Gasteiger partial charge on any atom is -0.327 e. The van der Waals surface area contributed by atoms with Crippen molar-refractivity contribution in [1.82, 2.24) is 9.97 Å². The minimum atomic E-state index is -0.103. The molecule has 0 bridgehead atoms. The van der Waals surface area contributed by atoms with E-state index in [1.807, 2.05) is 0 Å². The zero-order valence-corrected chi connectivity index (χ0v) is 11.0. The van der Waals surface area contributed by atoms with Crippen LogP contribution in [0.2, 0.25) is 0 Å². The number of nitrogens with one attached hydrogen (secondary N) is 1. The molecule has 3 N–H and O–H groups in total. The minimum absolute atomic E-state index is 0.0350. The van der Waals surface area contributed by atoms with Crippen LogP contribution in [0.25, 0.3) is 0 Å².